The third kappa shape index (κ3) is 5.23. The Bertz CT molecular complexity index is 576. The van der Waals surface area contributed by atoms with E-state index in [0.717, 1.165) is 19.3 Å². The number of aliphatic hydroxyl groups excluding tert-OH is 1. The smallest absolute Gasteiger partial charge is 0.321 e. The van der Waals surface area contributed by atoms with Gasteiger partial charge in [-0.3, -0.25) is 0 Å². The maximum atomic E-state index is 12.6. The molecule has 0 aromatic heterocycles. The first kappa shape index (κ1) is 19.8. The summed E-state index contributed by atoms with van der Waals surface area (Å²) >= 11 is 6.19. The zero-order valence-electron chi connectivity index (χ0n) is 14.9. The van der Waals surface area contributed by atoms with Crippen molar-refractivity contribution in [3.8, 4) is 5.75 Å². The van der Waals surface area contributed by atoms with Crippen LogP contribution in [0, 0.1) is 5.41 Å². The summed E-state index contributed by atoms with van der Waals surface area (Å²) in [7, 11) is 1.72. The highest BCUT2D eigenvalue weighted by Gasteiger charge is 2.34. The van der Waals surface area contributed by atoms with Crippen LogP contribution in [0.25, 0.3) is 0 Å². The summed E-state index contributed by atoms with van der Waals surface area (Å²) in [5.74, 6) is 0.482. The van der Waals surface area contributed by atoms with Crippen molar-refractivity contribution in [2.45, 2.75) is 26.2 Å². The Morgan fingerprint density at radius 2 is 2.16 bits per heavy atom. The zero-order chi connectivity index (χ0) is 18.3. The number of carbonyl (C=O) groups excluding carboxylic acids is 1. The van der Waals surface area contributed by atoms with Gasteiger partial charge in [-0.1, -0.05) is 24.6 Å². The third-order valence-corrected chi connectivity index (χ3v) is 4.76. The lowest BCUT2D eigenvalue weighted by Crippen LogP contribution is -2.45. The topological polar surface area (TPSA) is 71.0 Å². The van der Waals surface area contributed by atoms with E-state index in [1.165, 1.54) is 0 Å². The average Bonchev–Trinajstić information content (AvgIpc) is 2.62. The molecule has 0 saturated carbocycles. The van der Waals surface area contributed by atoms with Crippen molar-refractivity contribution in [1.29, 1.82) is 0 Å². The number of nitrogens with zero attached hydrogens (tertiary/aromatic N) is 1. The second-order valence-electron chi connectivity index (χ2n) is 6.52. The Morgan fingerprint density at radius 3 is 2.80 bits per heavy atom. The average molecular weight is 371 g/mol. The van der Waals surface area contributed by atoms with Crippen LogP contribution in [-0.4, -0.2) is 56.1 Å². The van der Waals surface area contributed by atoms with E-state index < -0.39 is 0 Å². The number of nitrogens with one attached hydrogen (secondary N) is 1. The first-order valence-corrected chi connectivity index (χ1v) is 9.01. The van der Waals surface area contributed by atoms with Crippen LogP contribution >= 0.6 is 11.6 Å². The largest absolute Gasteiger partial charge is 0.490 e. The van der Waals surface area contributed by atoms with Crippen molar-refractivity contribution in [1.82, 2.24) is 4.90 Å². The molecule has 0 radical (unpaired) electrons. The lowest BCUT2D eigenvalue weighted by molar-refractivity contribution is -0.0255. The van der Waals surface area contributed by atoms with Gasteiger partial charge in [-0.2, -0.15) is 0 Å². The molecule has 2 rings (SSSR count). The Balaban J connectivity index is 2.04. The maximum absolute atomic E-state index is 12.6. The van der Waals surface area contributed by atoms with E-state index >= 15 is 0 Å². The van der Waals surface area contributed by atoms with Crippen LogP contribution in [-0.2, 0) is 4.74 Å². The zero-order valence-corrected chi connectivity index (χ0v) is 15.6. The molecule has 1 fully saturated rings. The number of aliphatic hydroxyl groups is 1. The van der Waals surface area contributed by atoms with Gasteiger partial charge in [0.25, 0.3) is 0 Å². The standard InChI is InChI=1S/C18H27ClN2O4/c1-3-9-25-16-14(19)5-4-6-15(16)20-17(23)21(2)12-18(13-22)7-10-24-11-8-18/h4-6,22H,3,7-13H2,1-2H3,(H,20,23). The van der Waals surface area contributed by atoms with Gasteiger partial charge in [-0.25, -0.2) is 4.79 Å². The number of hydrogen-bond donors (Lipinski definition) is 2. The van der Waals surface area contributed by atoms with Crippen molar-refractivity contribution in [3.05, 3.63) is 23.2 Å². The van der Waals surface area contributed by atoms with Gasteiger partial charge in [0, 0.05) is 32.2 Å². The normalized spacial score (nSPS) is 16.3. The summed E-state index contributed by atoms with van der Waals surface area (Å²) in [6.45, 7) is 4.25. The fraction of sp³-hybridized carbons (Fsp3) is 0.611. The van der Waals surface area contributed by atoms with E-state index in [1.807, 2.05) is 6.92 Å². The lowest BCUT2D eigenvalue weighted by Gasteiger charge is -2.38. The molecule has 0 aliphatic carbocycles. The number of para-hydroxylation sites is 1. The van der Waals surface area contributed by atoms with Crippen LogP contribution < -0.4 is 10.1 Å². The highest BCUT2D eigenvalue weighted by atomic mass is 35.5. The number of amides is 2. The molecule has 1 aliphatic rings. The summed E-state index contributed by atoms with van der Waals surface area (Å²) in [4.78, 5) is 14.2. The fourth-order valence-electron chi connectivity index (χ4n) is 2.91. The first-order valence-electron chi connectivity index (χ1n) is 8.63. The molecule has 1 heterocycles. The summed E-state index contributed by atoms with van der Waals surface area (Å²) in [6, 6.07) is 5.00. The van der Waals surface area contributed by atoms with Gasteiger partial charge in [0.2, 0.25) is 0 Å². The minimum Gasteiger partial charge on any atom is -0.490 e. The number of urea groups is 1. The number of hydrogen-bond acceptors (Lipinski definition) is 4. The molecular formula is C18H27ClN2O4. The summed E-state index contributed by atoms with van der Waals surface area (Å²) in [5, 5.41) is 13.1. The van der Waals surface area contributed by atoms with Gasteiger partial charge >= 0.3 is 6.03 Å². The van der Waals surface area contributed by atoms with Gasteiger partial charge < -0.3 is 24.8 Å². The predicted molar refractivity (Wildman–Crippen MR) is 98.5 cm³/mol. The number of halogens is 1. The summed E-state index contributed by atoms with van der Waals surface area (Å²) in [6.07, 6.45) is 2.33. The van der Waals surface area contributed by atoms with Gasteiger partial charge in [-0.05, 0) is 31.4 Å². The molecule has 7 heteroatoms. The first-order chi connectivity index (χ1) is 12.0. The molecule has 0 unspecified atom stereocenters. The maximum Gasteiger partial charge on any atom is 0.321 e. The molecule has 1 aromatic carbocycles. The van der Waals surface area contributed by atoms with Crippen molar-refractivity contribution >= 4 is 23.3 Å². The van der Waals surface area contributed by atoms with E-state index in [-0.39, 0.29) is 18.1 Å². The van der Waals surface area contributed by atoms with Gasteiger partial charge in [0.05, 0.1) is 23.9 Å². The monoisotopic (exact) mass is 370 g/mol. The molecule has 25 heavy (non-hydrogen) atoms. The highest BCUT2D eigenvalue weighted by molar-refractivity contribution is 6.32. The van der Waals surface area contributed by atoms with E-state index in [2.05, 4.69) is 5.32 Å². The number of ether oxygens (including phenoxy) is 2. The highest BCUT2D eigenvalue weighted by Crippen LogP contribution is 2.34. The van der Waals surface area contributed by atoms with Gasteiger partial charge in [-0.15, -0.1) is 0 Å². The third-order valence-electron chi connectivity index (χ3n) is 4.47. The molecule has 0 spiro atoms. The van der Waals surface area contributed by atoms with Crippen molar-refractivity contribution in [2.75, 3.05) is 45.3 Å². The quantitative estimate of drug-likeness (QED) is 0.771. The molecule has 140 valence electrons. The van der Waals surface area contributed by atoms with Crippen LogP contribution in [0.1, 0.15) is 26.2 Å². The van der Waals surface area contributed by atoms with E-state index in [4.69, 9.17) is 21.1 Å². The minimum absolute atomic E-state index is 0.0377. The van der Waals surface area contributed by atoms with Gasteiger partial charge in [0.15, 0.2) is 5.75 Å². The van der Waals surface area contributed by atoms with Crippen molar-refractivity contribution in [3.63, 3.8) is 0 Å². The Labute approximate surface area is 154 Å². The molecule has 2 amide bonds. The SMILES string of the molecule is CCCOc1c(Cl)cccc1NC(=O)N(C)CC1(CO)CCOCC1. The van der Waals surface area contributed by atoms with E-state index in [1.54, 1.807) is 30.1 Å². The summed E-state index contributed by atoms with van der Waals surface area (Å²) < 4.78 is 11.0. The molecule has 1 aromatic rings. The van der Waals surface area contributed by atoms with E-state index in [0.29, 0.717) is 42.8 Å². The minimum atomic E-state index is -0.305. The Morgan fingerprint density at radius 1 is 1.44 bits per heavy atom. The summed E-state index contributed by atoms with van der Waals surface area (Å²) in [5.41, 5.74) is 0.239. The molecule has 1 saturated heterocycles. The molecule has 2 N–H and O–H groups in total. The second-order valence-corrected chi connectivity index (χ2v) is 6.93. The van der Waals surface area contributed by atoms with Crippen LogP contribution in [0.4, 0.5) is 10.5 Å². The number of anilines is 1. The lowest BCUT2D eigenvalue weighted by atomic mass is 9.80. The number of rotatable bonds is 7. The molecule has 0 atom stereocenters. The van der Waals surface area contributed by atoms with Crippen molar-refractivity contribution in [2.24, 2.45) is 5.41 Å². The number of benzene rings is 1. The fourth-order valence-corrected chi connectivity index (χ4v) is 3.14. The van der Waals surface area contributed by atoms with E-state index in [9.17, 15) is 9.90 Å². The Kier molecular flexibility index (Phi) is 7.35. The second kappa shape index (κ2) is 9.27. The van der Waals surface area contributed by atoms with Crippen LogP contribution in [0.2, 0.25) is 5.02 Å². The Hall–Kier alpha value is -1.50. The molecule has 0 bridgehead atoms. The van der Waals surface area contributed by atoms with Crippen LogP contribution in [0.5, 0.6) is 5.75 Å². The molecule has 6 nitrogen and oxygen atoms in total. The van der Waals surface area contributed by atoms with Crippen LogP contribution in [0.3, 0.4) is 0 Å². The molecular weight excluding hydrogens is 344 g/mol. The molecule has 1 aliphatic heterocycles. The van der Waals surface area contributed by atoms with Crippen LogP contribution in [0.15, 0.2) is 18.2 Å². The number of carbonyl (C=O) groups is 1. The predicted octanol–water partition coefficient (Wildman–Crippen LogP) is 3.38. The van der Waals surface area contributed by atoms with Gasteiger partial charge in [0.1, 0.15) is 0 Å². The van der Waals surface area contributed by atoms with Crippen molar-refractivity contribution < 1.29 is 19.4 Å².